The molecule has 2 atom stereocenters. The minimum absolute atomic E-state index is 0.0683. The van der Waals surface area contributed by atoms with E-state index in [9.17, 15) is 0 Å². The highest BCUT2D eigenvalue weighted by Crippen LogP contribution is 2.23. The van der Waals surface area contributed by atoms with Gasteiger partial charge in [-0.15, -0.1) is 0 Å². The molecule has 0 aromatic carbocycles. The highest BCUT2D eigenvalue weighted by atomic mass is 16.5. The normalized spacial score (nSPS) is 31.0. The Morgan fingerprint density at radius 3 is 2.82 bits per heavy atom. The Morgan fingerprint density at radius 1 is 1.45 bits per heavy atom. The number of ether oxygens (including phenoxy) is 1. The average molecular weight is 155 g/mol. The van der Waals surface area contributed by atoms with Gasteiger partial charge in [-0.25, -0.2) is 0 Å². The van der Waals surface area contributed by atoms with E-state index < -0.39 is 0 Å². The maximum Gasteiger partial charge on any atom is 0.0656 e. The third-order valence-electron chi connectivity index (χ3n) is 2.17. The van der Waals surface area contributed by atoms with Gasteiger partial charge in [0, 0.05) is 12.0 Å². The van der Waals surface area contributed by atoms with E-state index in [0.29, 0.717) is 0 Å². The van der Waals surface area contributed by atoms with Crippen LogP contribution in [0.15, 0.2) is 5.11 Å². The maximum absolute atomic E-state index is 8.23. The van der Waals surface area contributed by atoms with Crippen LogP contribution >= 0.6 is 0 Å². The van der Waals surface area contributed by atoms with Crippen molar-refractivity contribution < 1.29 is 4.74 Å². The van der Waals surface area contributed by atoms with Gasteiger partial charge in [0.25, 0.3) is 0 Å². The van der Waals surface area contributed by atoms with E-state index in [0.717, 1.165) is 19.3 Å². The van der Waals surface area contributed by atoms with E-state index >= 15 is 0 Å². The molecule has 62 valence electrons. The fourth-order valence-corrected chi connectivity index (χ4v) is 1.55. The molecule has 4 nitrogen and oxygen atoms in total. The first-order valence-electron chi connectivity index (χ1n) is 3.95. The second-order valence-corrected chi connectivity index (χ2v) is 2.83. The Balaban J connectivity index is 2.50. The molecule has 1 aliphatic carbocycles. The molecule has 4 heteroatoms. The maximum atomic E-state index is 8.23. The van der Waals surface area contributed by atoms with Crippen LogP contribution < -0.4 is 0 Å². The minimum atomic E-state index is 0.0683. The van der Waals surface area contributed by atoms with Crippen LogP contribution in [0, 0.1) is 0 Å². The number of azide groups is 1. The standard InChI is InChI=1S/C7H13N3O/c1-11-7-5-3-2-4-6(7)9-10-8/h6-7H,2-5H2,1H3. The molecule has 0 bridgehead atoms. The molecule has 0 aromatic heterocycles. The van der Waals surface area contributed by atoms with Crippen molar-refractivity contribution in [3.63, 3.8) is 0 Å². The SMILES string of the molecule is COC1CCCCC1N=[N+]=[N-]. The van der Waals surface area contributed by atoms with Crippen molar-refractivity contribution in [2.75, 3.05) is 7.11 Å². The molecule has 0 saturated heterocycles. The van der Waals surface area contributed by atoms with Crippen LogP contribution in [0.1, 0.15) is 25.7 Å². The highest BCUT2D eigenvalue weighted by molar-refractivity contribution is 4.81. The molecule has 2 unspecified atom stereocenters. The molecular formula is C7H13N3O. The summed E-state index contributed by atoms with van der Waals surface area (Å²) < 4.78 is 5.19. The zero-order valence-electron chi connectivity index (χ0n) is 6.73. The fourth-order valence-electron chi connectivity index (χ4n) is 1.55. The summed E-state index contributed by atoms with van der Waals surface area (Å²) in [6.07, 6.45) is 4.50. The predicted molar refractivity (Wildman–Crippen MR) is 42.2 cm³/mol. The molecule has 0 spiro atoms. The number of hydrogen-bond acceptors (Lipinski definition) is 2. The molecule has 0 aromatic rings. The summed E-state index contributed by atoms with van der Waals surface area (Å²) >= 11 is 0. The molecule has 11 heavy (non-hydrogen) atoms. The fraction of sp³-hybridized carbons (Fsp3) is 1.00. The lowest BCUT2D eigenvalue weighted by molar-refractivity contribution is 0.0547. The van der Waals surface area contributed by atoms with Gasteiger partial charge in [-0.3, -0.25) is 0 Å². The second-order valence-electron chi connectivity index (χ2n) is 2.83. The van der Waals surface area contributed by atoms with Gasteiger partial charge < -0.3 is 4.74 Å². The molecule has 1 saturated carbocycles. The number of rotatable bonds is 2. The Kier molecular flexibility index (Phi) is 3.20. The molecule has 1 aliphatic rings. The van der Waals surface area contributed by atoms with Gasteiger partial charge in [-0.05, 0) is 18.4 Å². The summed E-state index contributed by atoms with van der Waals surface area (Å²) in [7, 11) is 1.68. The average Bonchev–Trinajstić information content (AvgIpc) is 2.06. The van der Waals surface area contributed by atoms with Crippen LogP contribution in [-0.4, -0.2) is 19.3 Å². The van der Waals surface area contributed by atoms with Gasteiger partial charge in [0.2, 0.25) is 0 Å². The monoisotopic (exact) mass is 155 g/mol. The lowest BCUT2D eigenvalue weighted by Crippen LogP contribution is -2.29. The van der Waals surface area contributed by atoms with E-state index in [4.69, 9.17) is 10.3 Å². The minimum Gasteiger partial charge on any atom is -0.381 e. The zero-order chi connectivity index (χ0) is 8.10. The predicted octanol–water partition coefficient (Wildman–Crippen LogP) is 2.25. The van der Waals surface area contributed by atoms with Crippen LogP contribution in [0.5, 0.6) is 0 Å². The first kappa shape index (κ1) is 8.37. The number of hydrogen-bond donors (Lipinski definition) is 0. The van der Waals surface area contributed by atoms with E-state index in [1.165, 1.54) is 6.42 Å². The third kappa shape index (κ3) is 2.10. The van der Waals surface area contributed by atoms with Crippen molar-refractivity contribution >= 4 is 0 Å². The summed E-state index contributed by atoms with van der Waals surface area (Å²) in [5, 5.41) is 3.69. The van der Waals surface area contributed by atoms with Crippen molar-refractivity contribution in [2.45, 2.75) is 37.8 Å². The van der Waals surface area contributed by atoms with E-state index in [1.54, 1.807) is 7.11 Å². The number of nitrogens with zero attached hydrogens (tertiary/aromatic N) is 3. The molecule has 0 heterocycles. The van der Waals surface area contributed by atoms with Crippen LogP contribution in [0.4, 0.5) is 0 Å². The van der Waals surface area contributed by atoms with Crippen LogP contribution in [0.25, 0.3) is 10.4 Å². The Hall–Kier alpha value is -0.730. The molecule has 1 rings (SSSR count). The first-order chi connectivity index (χ1) is 5.38. The van der Waals surface area contributed by atoms with Crippen molar-refractivity contribution in [2.24, 2.45) is 5.11 Å². The number of methoxy groups -OCH3 is 1. The van der Waals surface area contributed by atoms with Gasteiger partial charge in [0.15, 0.2) is 0 Å². The lowest BCUT2D eigenvalue weighted by atomic mass is 9.93. The van der Waals surface area contributed by atoms with E-state index in [1.807, 2.05) is 0 Å². The second kappa shape index (κ2) is 4.21. The van der Waals surface area contributed by atoms with Crippen LogP contribution in [-0.2, 0) is 4.74 Å². The zero-order valence-corrected chi connectivity index (χ0v) is 6.73. The van der Waals surface area contributed by atoms with Gasteiger partial charge in [-0.1, -0.05) is 18.0 Å². The van der Waals surface area contributed by atoms with Crippen molar-refractivity contribution in [3.8, 4) is 0 Å². The van der Waals surface area contributed by atoms with Crippen molar-refractivity contribution in [3.05, 3.63) is 10.4 Å². The van der Waals surface area contributed by atoms with E-state index in [-0.39, 0.29) is 12.1 Å². The molecular weight excluding hydrogens is 142 g/mol. The van der Waals surface area contributed by atoms with Gasteiger partial charge in [-0.2, -0.15) is 0 Å². The summed E-state index contributed by atoms with van der Waals surface area (Å²) in [6, 6.07) is 0.0683. The molecule has 0 amide bonds. The quantitative estimate of drug-likeness (QED) is 0.342. The summed E-state index contributed by atoms with van der Waals surface area (Å²) in [6.45, 7) is 0. The van der Waals surface area contributed by atoms with Crippen molar-refractivity contribution in [1.29, 1.82) is 0 Å². The van der Waals surface area contributed by atoms with Gasteiger partial charge in [0.05, 0.1) is 12.1 Å². The highest BCUT2D eigenvalue weighted by Gasteiger charge is 2.23. The summed E-state index contributed by atoms with van der Waals surface area (Å²) in [5.41, 5.74) is 8.23. The summed E-state index contributed by atoms with van der Waals surface area (Å²) in [5.74, 6) is 0. The van der Waals surface area contributed by atoms with Crippen LogP contribution in [0.2, 0.25) is 0 Å². The lowest BCUT2D eigenvalue weighted by Gasteiger charge is -2.26. The molecule has 0 N–H and O–H groups in total. The molecule has 0 aliphatic heterocycles. The topological polar surface area (TPSA) is 58.0 Å². The van der Waals surface area contributed by atoms with Gasteiger partial charge in [0.1, 0.15) is 0 Å². The van der Waals surface area contributed by atoms with Crippen LogP contribution in [0.3, 0.4) is 0 Å². The van der Waals surface area contributed by atoms with E-state index in [2.05, 4.69) is 10.0 Å². The molecule has 0 radical (unpaired) electrons. The Labute approximate surface area is 66.2 Å². The Morgan fingerprint density at radius 2 is 2.18 bits per heavy atom. The smallest absolute Gasteiger partial charge is 0.0656 e. The third-order valence-corrected chi connectivity index (χ3v) is 2.17. The van der Waals surface area contributed by atoms with Crippen molar-refractivity contribution in [1.82, 2.24) is 0 Å². The molecule has 1 fully saturated rings. The Bertz CT molecular complexity index is 165. The van der Waals surface area contributed by atoms with Gasteiger partial charge >= 0.3 is 0 Å². The summed E-state index contributed by atoms with van der Waals surface area (Å²) in [4.78, 5) is 2.80. The first-order valence-corrected chi connectivity index (χ1v) is 3.95. The largest absolute Gasteiger partial charge is 0.381 e.